The Morgan fingerprint density at radius 1 is 1.33 bits per heavy atom. The average molecular weight is 441 g/mol. The summed E-state index contributed by atoms with van der Waals surface area (Å²) < 4.78 is 0. The maximum atomic E-state index is 13.1. The van der Waals surface area contributed by atoms with Crippen LogP contribution < -0.4 is 10.9 Å². The monoisotopic (exact) mass is 440 g/mol. The Morgan fingerprint density at radius 2 is 2.20 bits per heavy atom. The molecular weight excluding hydrogens is 416 g/mol. The van der Waals surface area contributed by atoms with Gasteiger partial charge in [0.25, 0.3) is 11.5 Å². The normalized spacial score (nSPS) is 14.2. The zero-order valence-electron chi connectivity index (χ0n) is 16.8. The number of carbonyl (C=O) groups excluding carboxylic acids is 1. The quantitative estimate of drug-likeness (QED) is 0.580. The highest BCUT2D eigenvalue weighted by molar-refractivity contribution is 7.98. The van der Waals surface area contributed by atoms with Gasteiger partial charge in [-0.15, -0.1) is 11.3 Å². The summed E-state index contributed by atoms with van der Waals surface area (Å²) in [6.07, 6.45) is 8.72. The molecule has 0 spiro atoms. The van der Waals surface area contributed by atoms with Crippen LogP contribution in [0.15, 0.2) is 40.6 Å². The molecule has 0 bridgehead atoms. The summed E-state index contributed by atoms with van der Waals surface area (Å²) in [7, 11) is 0. The lowest BCUT2D eigenvalue weighted by Crippen LogP contribution is -2.31. The first-order chi connectivity index (χ1) is 14.7. The Labute approximate surface area is 183 Å². The molecule has 30 heavy (non-hydrogen) atoms. The van der Waals surface area contributed by atoms with E-state index in [-0.39, 0.29) is 17.5 Å². The van der Waals surface area contributed by atoms with Crippen LogP contribution in [0.25, 0.3) is 11.5 Å². The summed E-state index contributed by atoms with van der Waals surface area (Å²) in [6.45, 7) is 0. The molecule has 0 aromatic carbocycles. The third-order valence-electron chi connectivity index (χ3n) is 5.25. The van der Waals surface area contributed by atoms with Gasteiger partial charge in [-0.2, -0.15) is 11.8 Å². The molecule has 0 fully saturated rings. The number of nitrogens with zero attached hydrogens (tertiary/aromatic N) is 2. The van der Waals surface area contributed by atoms with Gasteiger partial charge in [0, 0.05) is 22.5 Å². The summed E-state index contributed by atoms with van der Waals surface area (Å²) >= 11 is 3.38. The maximum Gasteiger partial charge on any atom is 0.252 e. The molecule has 3 aromatic rings. The fraction of sp³-hybridized carbons (Fsp3) is 0.364. The average Bonchev–Trinajstić information content (AvgIpc) is 3.21. The van der Waals surface area contributed by atoms with E-state index in [0.717, 1.165) is 30.6 Å². The van der Waals surface area contributed by atoms with Gasteiger partial charge in [0.1, 0.15) is 5.69 Å². The van der Waals surface area contributed by atoms with Gasteiger partial charge in [0.15, 0.2) is 5.82 Å². The molecule has 8 heteroatoms. The first-order valence-corrected chi connectivity index (χ1v) is 12.3. The van der Waals surface area contributed by atoms with Crippen molar-refractivity contribution >= 4 is 29.0 Å². The van der Waals surface area contributed by atoms with Gasteiger partial charge in [-0.25, -0.2) is 4.98 Å². The molecule has 0 aliphatic heterocycles. The van der Waals surface area contributed by atoms with E-state index < -0.39 is 0 Å². The fourth-order valence-corrected chi connectivity index (χ4v) is 5.33. The number of thioether (sulfide) groups is 1. The number of aromatic nitrogens is 3. The molecular formula is C22H24N4O2S2. The van der Waals surface area contributed by atoms with Crippen LogP contribution in [-0.4, -0.2) is 32.9 Å². The van der Waals surface area contributed by atoms with Crippen molar-refractivity contribution in [2.45, 2.75) is 38.1 Å². The first kappa shape index (κ1) is 20.8. The third kappa shape index (κ3) is 4.65. The topological polar surface area (TPSA) is 87.7 Å². The van der Waals surface area contributed by atoms with Crippen LogP contribution in [0.2, 0.25) is 0 Å². The number of nitrogens with one attached hydrogen (secondary N) is 2. The summed E-state index contributed by atoms with van der Waals surface area (Å²) in [5.41, 5.74) is 2.88. The molecule has 0 saturated heterocycles. The smallest absolute Gasteiger partial charge is 0.252 e. The number of H-pyrrole nitrogens is 1. The van der Waals surface area contributed by atoms with Crippen LogP contribution >= 0.6 is 23.1 Å². The van der Waals surface area contributed by atoms with E-state index in [1.807, 2.05) is 23.8 Å². The van der Waals surface area contributed by atoms with Crippen LogP contribution in [-0.2, 0) is 12.8 Å². The summed E-state index contributed by atoms with van der Waals surface area (Å²) in [5.74, 6) is 1.18. The number of thiophene rings is 1. The van der Waals surface area contributed by atoms with Gasteiger partial charge in [-0.05, 0) is 61.8 Å². The van der Waals surface area contributed by atoms with Gasteiger partial charge in [0.2, 0.25) is 0 Å². The molecule has 6 nitrogen and oxygen atoms in total. The lowest BCUT2D eigenvalue weighted by molar-refractivity contribution is 0.0934. The molecule has 3 aromatic heterocycles. The molecule has 156 valence electrons. The number of rotatable bonds is 7. The second-order valence-electron chi connectivity index (χ2n) is 7.30. The Bertz CT molecular complexity index is 1080. The molecule has 1 aliphatic carbocycles. The Kier molecular flexibility index (Phi) is 6.64. The predicted octanol–water partition coefficient (Wildman–Crippen LogP) is 4.00. The lowest BCUT2D eigenvalue weighted by Gasteiger charge is -2.19. The van der Waals surface area contributed by atoms with Gasteiger partial charge in [-0.3, -0.25) is 14.6 Å². The Morgan fingerprint density at radius 3 is 3.00 bits per heavy atom. The molecule has 1 atom stereocenters. The number of pyridine rings is 1. The molecule has 3 heterocycles. The van der Waals surface area contributed by atoms with Crippen LogP contribution in [0.1, 0.15) is 51.8 Å². The molecule has 2 N–H and O–H groups in total. The molecule has 1 amide bonds. The highest BCUT2D eigenvalue weighted by Crippen LogP contribution is 2.30. The van der Waals surface area contributed by atoms with E-state index in [0.29, 0.717) is 23.6 Å². The minimum atomic E-state index is -0.339. The molecule has 0 radical (unpaired) electrons. The number of hydrogen-bond acceptors (Lipinski definition) is 6. The Hall–Kier alpha value is -2.45. The largest absolute Gasteiger partial charge is 0.344 e. The van der Waals surface area contributed by atoms with Crippen molar-refractivity contribution in [1.82, 2.24) is 20.3 Å². The molecule has 1 unspecified atom stereocenters. The highest BCUT2D eigenvalue weighted by Gasteiger charge is 2.24. The molecule has 1 aliphatic rings. The van der Waals surface area contributed by atoms with Crippen molar-refractivity contribution in [2.24, 2.45) is 0 Å². The van der Waals surface area contributed by atoms with Crippen molar-refractivity contribution in [3.8, 4) is 11.5 Å². The zero-order chi connectivity index (χ0) is 20.9. The number of aryl methyl sites for hydroxylation is 1. The van der Waals surface area contributed by atoms with Crippen LogP contribution in [0.5, 0.6) is 0 Å². The summed E-state index contributed by atoms with van der Waals surface area (Å²) in [4.78, 5) is 38.5. The SMILES string of the molecule is CSCCC(NC(=O)c1csc2c1CCCC2)c1cc(=O)[nH]c(-c2ccccn2)n1. The summed E-state index contributed by atoms with van der Waals surface area (Å²) in [6, 6.07) is 6.60. The van der Waals surface area contributed by atoms with Crippen molar-refractivity contribution in [3.05, 3.63) is 67.9 Å². The number of carbonyl (C=O) groups is 1. The van der Waals surface area contributed by atoms with E-state index >= 15 is 0 Å². The van der Waals surface area contributed by atoms with Crippen molar-refractivity contribution in [2.75, 3.05) is 12.0 Å². The second-order valence-corrected chi connectivity index (χ2v) is 9.25. The van der Waals surface area contributed by atoms with Gasteiger partial charge < -0.3 is 10.3 Å². The van der Waals surface area contributed by atoms with E-state index in [1.165, 1.54) is 22.9 Å². The minimum absolute atomic E-state index is 0.0815. The van der Waals surface area contributed by atoms with E-state index in [1.54, 1.807) is 35.4 Å². The van der Waals surface area contributed by atoms with Crippen molar-refractivity contribution < 1.29 is 4.79 Å². The fourth-order valence-electron chi connectivity index (χ4n) is 3.73. The third-order valence-corrected chi connectivity index (χ3v) is 6.98. The van der Waals surface area contributed by atoms with E-state index in [9.17, 15) is 9.59 Å². The standard InChI is InChI=1S/C22H24N4O2S2/c1-29-11-9-16(25-22(28)15-13-30-19-8-3-2-6-14(15)19)18-12-20(27)26-21(24-18)17-7-4-5-10-23-17/h4-5,7,10,12-13,16H,2-3,6,8-9,11H2,1H3,(H,25,28)(H,24,26,27). The van der Waals surface area contributed by atoms with Crippen LogP contribution in [0, 0.1) is 0 Å². The van der Waals surface area contributed by atoms with Gasteiger partial charge in [-0.1, -0.05) is 6.07 Å². The van der Waals surface area contributed by atoms with Crippen molar-refractivity contribution in [3.63, 3.8) is 0 Å². The second kappa shape index (κ2) is 9.57. The number of aromatic amines is 1. The first-order valence-electron chi connectivity index (χ1n) is 10.1. The zero-order valence-corrected chi connectivity index (χ0v) is 18.4. The van der Waals surface area contributed by atoms with Gasteiger partial charge >= 0.3 is 0 Å². The molecule has 4 rings (SSSR count). The minimum Gasteiger partial charge on any atom is -0.344 e. The predicted molar refractivity (Wildman–Crippen MR) is 122 cm³/mol. The van der Waals surface area contributed by atoms with Gasteiger partial charge in [0.05, 0.1) is 17.3 Å². The maximum absolute atomic E-state index is 13.1. The van der Waals surface area contributed by atoms with E-state index in [4.69, 9.17) is 0 Å². The lowest BCUT2D eigenvalue weighted by atomic mass is 9.95. The van der Waals surface area contributed by atoms with Crippen molar-refractivity contribution in [1.29, 1.82) is 0 Å². The highest BCUT2D eigenvalue weighted by atomic mass is 32.2. The van der Waals surface area contributed by atoms with E-state index in [2.05, 4.69) is 20.3 Å². The molecule has 0 saturated carbocycles. The number of amides is 1. The number of fused-ring (bicyclic) bond motifs is 1. The van der Waals surface area contributed by atoms with Crippen LogP contribution in [0.4, 0.5) is 0 Å². The van der Waals surface area contributed by atoms with Crippen LogP contribution in [0.3, 0.4) is 0 Å². The summed E-state index contributed by atoms with van der Waals surface area (Å²) in [5, 5.41) is 5.12. The Balaban J connectivity index is 1.63. The number of hydrogen-bond donors (Lipinski definition) is 2.